The highest BCUT2D eigenvalue weighted by Crippen LogP contribution is 2.56. The maximum atomic E-state index is 13.3. The van der Waals surface area contributed by atoms with Crippen LogP contribution in [-0.2, 0) is 9.59 Å². The standard InChI is InChI=1S/C21H28F4O4/c22-20(23)13-14(21(20,24)25)7-5-6-9-17(26)16-11-12-18(27)15(16)8-3-1-2-4-10-19(28)29/h1,3,9,14-16,26H,2,4-8,10-13H2,(H,28,29)/b3-1?,17-9+/t14?,15-,16-/m0/s1. The molecule has 29 heavy (non-hydrogen) atoms. The van der Waals surface area contributed by atoms with Crippen molar-refractivity contribution >= 4 is 11.8 Å². The van der Waals surface area contributed by atoms with E-state index in [4.69, 9.17) is 5.11 Å². The number of aliphatic hydroxyl groups excluding tert-OH is 1. The maximum Gasteiger partial charge on any atom is 0.313 e. The van der Waals surface area contributed by atoms with Gasteiger partial charge in [-0.1, -0.05) is 12.2 Å². The number of rotatable bonds is 11. The molecule has 1 unspecified atom stereocenters. The van der Waals surface area contributed by atoms with Gasteiger partial charge in [0.2, 0.25) is 0 Å². The Hall–Kier alpha value is -1.86. The van der Waals surface area contributed by atoms with Crippen LogP contribution in [0, 0.1) is 17.8 Å². The molecule has 2 N–H and O–H groups in total. The summed E-state index contributed by atoms with van der Waals surface area (Å²) >= 11 is 0. The topological polar surface area (TPSA) is 74.6 Å². The molecule has 0 aliphatic heterocycles. The van der Waals surface area contributed by atoms with E-state index in [2.05, 4.69) is 0 Å². The van der Waals surface area contributed by atoms with Crippen LogP contribution in [0.4, 0.5) is 17.6 Å². The van der Waals surface area contributed by atoms with E-state index in [1.807, 2.05) is 12.2 Å². The van der Waals surface area contributed by atoms with Gasteiger partial charge >= 0.3 is 17.8 Å². The van der Waals surface area contributed by atoms with Crippen LogP contribution < -0.4 is 0 Å². The van der Waals surface area contributed by atoms with Crippen molar-refractivity contribution in [3.8, 4) is 0 Å². The number of carbonyl (C=O) groups is 2. The molecule has 0 aromatic heterocycles. The SMILES string of the molecule is O=C(O)CCCC=CC[C@@H]1C(=O)CC[C@@H]1/C(O)=C\CCCC1CC(F)(F)C1(F)F. The molecule has 8 heteroatoms. The quantitative estimate of drug-likeness (QED) is 0.195. The predicted molar refractivity (Wildman–Crippen MR) is 99.0 cm³/mol. The molecule has 4 nitrogen and oxygen atoms in total. The van der Waals surface area contributed by atoms with Gasteiger partial charge in [-0.15, -0.1) is 0 Å². The van der Waals surface area contributed by atoms with Crippen LogP contribution in [0.5, 0.6) is 0 Å². The van der Waals surface area contributed by atoms with E-state index in [-0.39, 0.29) is 42.6 Å². The Morgan fingerprint density at radius 2 is 1.83 bits per heavy atom. The van der Waals surface area contributed by atoms with Crippen molar-refractivity contribution in [3.05, 3.63) is 24.0 Å². The highest BCUT2D eigenvalue weighted by Gasteiger charge is 2.70. The van der Waals surface area contributed by atoms with Gasteiger partial charge in [0.05, 0.1) is 5.76 Å². The lowest BCUT2D eigenvalue weighted by Gasteiger charge is -2.43. The number of unbranched alkanes of at least 4 members (excludes halogenated alkanes) is 2. The molecular weight excluding hydrogens is 392 g/mol. The first-order valence-electron chi connectivity index (χ1n) is 10.1. The van der Waals surface area contributed by atoms with Gasteiger partial charge in [0.1, 0.15) is 5.78 Å². The van der Waals surface area contributed by atoms with Crippen molar-refractivity contribution in [2.45, 2.75) is 76.1 Å². The summed E-state index contributed by atoms with van der Waals surface area (Å²) in [7, 11) is 0. The number of halogens is 4. The number of aliphatic carboxylic acids is 1. The average Bonchev–Trinajstić information content (AvgIpc) is 3.00. The van der Waals surface area contributed by atoms with Gasteiger partial charge in [-0.2, -0.15) is 17.6 Å². The Morgan fingerprint density at radius 1 is 1.10 bits per heavy atom. The summed E-state index contributed by atoms with van der Waals surface area (Å²) in [5.41, 5.74) is 0. The van der Waals surface area contributed by atoms with E-state index in [1.165, 1.54) is 6.08 Å². The number of carboxylic acids is 1. The van der Waals surface area contributed by atoms with Crippen molar-refractivity contribution < 1.29 is 37.4 Å². The molecule has 2 rings (SSSR count). The van der Waals surface area contributed by atoms with E-state index < -0.39 is 30.2 Å². The Kier molecular flexibility index (Phi) is 7.88. The first-order chi connectivity index (χ1) is 13.6. The molecular formula is C21H28F4O4. The average molecular weight is 420 g/mol. The number of alkyl halides is 4. The van der Waals surface area contributed by atoms with Crippen molar-refractivity contribution in [2.24, 2.45) is 17.8 Å². The Balaban J connectivity index is 1.76. The molecule has 0 radical (unpaired) electrons. The molecule has 0 bridgehead atoms. The van der Waals surface area contributed by atoms with Crippen LogP contribution in [0.15, 0.2) is 24.0 Å². The van der Waals surface area contributed by atoms with Gasteiger partial charge < -0.3 is 10.2 Å². The van der Waals surface area contributed by atoms with Crippen LogP contribution in [0.1, 0.15) is 64.2 Å². The number of carboxylic acid groups (broad SMARTS) is 1. The largest absolute Gasteiger partial charge is 0.512 e. The van der Waals surface area contributed by atoms with Gasteiger partial charge in [-0.05, 0) is 51.0 Å². The number of hydrogen-bond acceptors (Lipinski definition) is 3. The van der Waals surface area contributed by atoms with Crippen LogP contribution in [0.25, 0.3) is 0 Å². The summed E-state index contributed by atoms with van der Waals surface area (Å²) < 4.78 is 52.2. The minimum absolute atomic E-state index is 0.0293. The lowest BCUT2D eigenvalue weighted by molar-refractivity contribution is -0.314. The summed E-state index contributed by atoms with van der Waals surface area (Å²) in [5.74, 6) is -10.6. The predicted octanol–water partition coefficient (Wildman–Crippen LogP) is 5.69. The first kappa shape index (κ1) is 23.4. The zero-order valence-electron chi connectivity index (χ0n) is 16.3. The molecule has 0 heterocycles. The minimum Gasteiger partial charge on any atom is -0.512 e. The lowest BCUT2D eigenvalue weighted by Crippen LogP contribution is -2.58. The third-order valence-electron chi connectivity index (χ3n) is 5.91. The highest BCUT2D eigenvalue weighted by atomic mass is 19.3. The van der Waals surface area contributed by atoms with Gasteiger partial charge in [0.25, 0.3) is 0 Å². The first-order valence-corrected chi connectivity index (χ1v) is 10.1. The fourth-order valence-corrected chi connectivity index (χ4v) is 4.08. The third-order valence-corrected chi connectivity index (χ3v) is 5.91. The molecule has 0 saturated heterocycles. The van der Waals surface area contributed by atoms with Crippen molar-refractivity contribution in [2.75, 3.05) is 0 Å². The zero-order chi connectivity index (χ0) is 21.7. The minimum atomic E-state index is -3.95. The zero-order valence-corrected chi connectivity index (χ0v) is 16.3. The fraction of sp³-hybridized carbons (Fsp3) is 0.714. The second kappa shape index (κ2) is 9.76. The molecule has 0 aromatic rings. The van der Waals surface area contributed by atoms with Crippen LogP contribution in [0.2, 0.25) is 0 Å². The Labute approximate surface area is 167 Å². The molecule has 164 valence electrons. The highest BCUT2D eigenvalue weighted by molar-refractivity contribution is 5.84. The summed E-state index contributed by atoms with van der Waals surface area (Å²) in [6.07, 6.45) is 7.47. The number of hydrogen-bond donors (Lipinski definition) is 2. The number of aliphatic hydroxyl groups is 1. The molecule has 2 fully saturated rings. The monoisotopic (exact) mass is 420 g/mol. The van der Waals surface area contributed by atoms with Crippen LogP contribution >= 0.6 is 0 Å². The van der Waals surface area contributed by atoms with Gasteiger partial charge in [0, 0.05) is 37.0 Å². The molecule has 2 aliphatic rings. The van der Waals surface area contributed by atoms with Crippen LogP contribution in [0.3, 0.4) is 0 Å². The van der Waals surface area contributed by atoms with E-state index in [1.54, 1.807) is 0 Å². The number of carbonyl (C=O) groups excluding carboxylic acids is 1. The van der Waals surface area contributed by atoms with Gasteiger partial charge in [0.15, 0.2) is 0 Å². The second-order valence-corrected chi connectivity index (χ2v) is 8.00. The second-order valence-electron chi connectivity index (χ2n) is 8.00. The molecule has 0 aromatic carbocycles. The summed E-state index contributed by atoms with van der Waals surface area (Å²) in [6.45, 7) is 0. The van der Waals surface area contributed by atoms with Crippen molar-refractivity contribution in [3.63, 3.8) is 0 Å². The summed E-state index contributed by atoms with van der Waals surface area (Å²) in [6, 6.07) is 0. The Bertz CT molecular complexity index is 657. The summed E-state index contributed by atoms with van der Waals surface area (Å²) in [5, 5.41) is 18.9. The molecule has 0 spiro atoms. The molecule has 3 atom stereocenters. The van der Waals surface area contributed by atoms with Gasteiger partial charge in [-0.3, -0.25) is 9.59 Å². The third kappa shape index (κ3) is 5.82. The van der Waals surface area contributed by atoms with Crippen LogP contribution in [-0.4, -0.2) is 33.8 Å². The number of allylic oxidation sites excluding steroid dienone is 4. The van der Waals surface area contributed by atoms with E-state index in [0.717, 1.165) is 0 Å². The smallest absolute Gasteiger partial charge is 0.313 e. The number of ketones is 1. The number of Topliss-reactive ketones (excluding diaryl/α,β-unsaturated/α-hetero) is 1. The molecule has 0 amide bonds. The normalized spacial score (nSPS) is 28.6. The lowest BCUT2D eigenvalue weighted by atomic mass is 9.74. The molecule has 2 aliphatic carbocycles. The fourth-order valence-electron chi connectivity index (χ4n) is 4.08. The van der Waals surface area contributed by atoms with E-state index >= 15 is 0 Å². The molecule has 2 saturated carbocycles. The summed E-state index contributed by atoms with van der Waals surface area (Å²) in [4.78, 5) is 22.5. The Morgan fingerprint density at radius 3 is 2.45 bits per heavy atom. The van der Waals surface area contributed by atoms with Crippen molar-refractivity contribution in [1.29, 1.82) is 0 Å². The van der Waals surface area contributed by atoms with Gasteiger partial charge in [-0.25, -0.2) is 0 Å². The maximum absolute atomic E-state index is 13.3. The van der Waals surface area contributed by atoms with E-state index in [0.29, 0.717) is 38.5 Å². The van der Waals surface area contributed by atoms with E-state index in [9.17, 15) is 32.3 Å². The van der Waals surface area contributed by atoms with Crippen molar-refractivity contribution in [1.82, 2.24) is 0 Å².